The van der Waals surface area contributed by atoms with Crippen LogP contribution in [-0.4, -0.2) is 46.4 Å². The first-order chi connectivity index (χ1) is 18.5. The Kier molecular flexibility index (Phi) is 8.70. The zero-order valence-corrected chi connectivity index (χ0v) is 23.5. The van der Waals surface area contributed by atoms with Crippen molar-refractivity contribution in [2.45, 2.75) is 38.3 Å². The van der Waals surface area contributed by atoms with E-state index in [1.807, 2.05) is 48.5 Å². The molecule has 0 aliphatic carbocycles. The molecule has 2 aromatic heterocycles. The number of imide groups is 1. The van der Waals surface area contributed by atoms with Crippen molar-refractivity contribution in [3.8, 4) is 0 Å². The quantitative estimate of drug-likeness (QED) is 0.0886. The van der Waals surface area contributed by atoms with Crippen molar-refractivity contribution in [1.29, 1.82) is 0 Å². The molecule has 6 rings (SSSR count). The second-order valence-electron chi connectivity index (χ2n) is 10.0. The number of nitrogens with one attached hydrogen (secondary N) is 3. The summed E-state index contributed by atoms with van der Waals surface area (Å²) < 4.78 is 2.21. The van der Waals surface area contributed by atoms with E-state index in [2.05, 4.69) is 31.7 Å². The summed E-state index contributed by atoms with van der Waals surface area (Å²) in [6.45, 7) is 2.02. The molecule has 9 N–H and O–H groups in total. The minimum absolute atomic E-state index is 0. The smallest absolute Gasteiger partial charge is 0.278 e. The van der Waals surface area contributed by atoms with E-state index in [1.54, 1.807) is 0 Å². The standard InChI is InChI=1S/C29H30N6O3.2ClH/c30-13-6-5-10-18(31)27(36)32-14-7-15-35-20-12-4-2-9-17(20)22-24-23(28(37)34-29(24)38)21-16-8-1-3-11-19(16)33-25(21)26(22)35;;/h1-4,8-9,11-12,18,33H,5-7,10,13-15,30-31H2,(H,32,36)(H,34,37,38);2*1H/t18-;;/m0../s1. The number of nitrogens with zero attached hydrogens (tertiary/aromatic N) is 1. The van der Waals surface area contributed by atoms with Crippen LogP contribution in [0, 0.1) is 0 Å². The molecule has 5 aromatic rings. The molecule has 0 bridgehead atoms. The summed E-state index contributed by atoms with van der Waals surface area (Å²) in [6.07, 6.45) is 3.42. The summed E-state index contributed by atoms with van der Waals surface area (Å²) in [5.74, 6) is -0.751. The topological polar surface area (TPSA) is 151 Å². The van der Waals surface area contributed by atoms with Gasteiger partial charge in [-0.15, -0.1) is 0 Å². The van der Waals surface area contributed by atoms with Crippen molar-refractivity contribution in [2.24, 2.45) is 0 Å². The Hall–Kier alpha value is -3.63. The van der Waals surface area contributed by atoms with Crippen LogP contribution in [0.15, 0.2) is 48.5 Å². The predicted molar refractivity (Wildman–Crippen MR) is 147 cm³/mol. The molecule has 3 heterocycles. The number of benzene rings is 3. The number of aromatic amines is 1. The van der Waals surface area contributed by atoms with E-state index < -0.39 is 0 Å². The van der Waals surface area contributed by atoms with E-state index in [-0.39, 0.29) is 48.6 Å². The van der Waals surface area contributed by atoms with Gasteiger partial charge in [0.15, 0.2) is 6.04 Å². The molecule has 0 fully saturated rings. The average Bonchev–Trinajstić information content (AvgIpc) is 3.55. The van der Waals surface area contributed by atoms with Crippen LogP contribution in [0.25, 0.3) is 43.6 Å². The van der Waals surface area contributed by atoms with Gasteiger partial charge in [-0.1, -0.05) is 36.4 Å². The molecule has 1 aliphatic rings. The van der Waals surface area contributed by atoms with Gasteiger partial charge >= 0.3 is 0 Å². The SMILES string of the molecule is [Cl-].[Cl-].[NH3+]CCCC[C@H]([NH3+])C(=O)NCCCn1c2ccccc2c2c3c(c4c5ccccc5[nH]c4c21)C(=O)NC3=O. The maximum absolute atomic E-state index is 13.1. The summed E-state index contributed by atoms with van der Waals surface area (Å²) in [6, 6.07) is 15.6. The van der Waals surface area contributed by atoms with Gasteiger partial charge < -0.3 is 51.1 Å². The molecule has 1 atom stereocenters. The first kappa shape index (κ1) is 29.4. The zero-order chi connectivity index (χ0) is 26.4. The Morgan fingerprint density at radius 3 is 2.33 bits per heavy atom. The van der Waals surface area contributed by atoms with Gasteiger partial charge in [0.25, 0.3) is 17.7 Å². The van der Waals surface area contributed by atoms with Crippen LogP contribution in [0.4, 0.5) is 0 Å². The van der Waals surface area contributed by atoms with Crippen LogP contribution >= 0.6 is 0 Å². The summed E-state index contributed by atoms with van der Waals surface area (Å²) in [5.41, 5.74) is 12.4. The molecule has 3 amide bonds. The van der Waals surface area contributed by atoms with Gasteiger partial charge in [-0.05, 0) is 31.4 Å². The lowest BCUT2D eigenvalue weighted by atomic mass is 9.97. The molecule has 0 saturated heterocycles. The molecule has 3 aromatic carbocycles. The number of H-pyrrole nitrogens is 1. The summed E-state index contributed by atoms with van der Waals surface area (Å²) in [5, 5.41) is 8.96. The third-order valence-electron chi connectivity index (χ3n) is 7.63. The Morgan fingerprint density at radius 2 is 1.57 bits per heavy atom. The summed E-state index contributed by atoms with van der Waals surface area (Å²) in [4.78, 5) is 42.2. The summed E-state index contributed by atoms with van der Waals surface area (Å²) in [7, 11) is 0. The van der Waals surface area contributed by atoms with Crippen molar-refractivity contribution in [3.63, 3.8) is 0 Å². The number of hydrogen-bond acceptors (Lipinski definition) is 3. The first-order valence-electron chi connectivity index (χ1n) is 13.2. The van der Waals surface area contributed by atoms with Crippen LogP contribution in [0.5, 0.6) is 0 Å². The second kappa shape index (κ2) is 11.9. The molecule has 210 valence electrons. The number of para-hydroxylation sites is 2. The molecule has 11 heteroatoms. The number of fused-ring (bicyclic) bond motifs is 10. The van der Waals surface area contributed by atoms with E-state index in [0.29, 0.717) is 30.6 Å². The Bertz CT molecular complexity index is 1760. The Morgan fingerprint density at radius 1 is 0.900 bits per heavy atom. The van der Waals surface area contributed by atoms with E-state index in [4.69, 9.17) is 0 Å². The normalized spacial score (nSPS) is 13.3. The lowest BCUT2D eigenvalue weighted by Gasteiger charge is -2.12. The molecule has 0 radical (unpaired) electrons. The van der Waals surface area contributed by atoms with E-state index in [9.17, 15) is 14.4 Å². The Balaban J connectivity index is 0.00000185. The first-order valence-corrected chi connectivity index (χ1v) is 13.2. The van der Waals surface area contributed by atoms with Crippen molar-refractivity contribution in [2.75, 3.05) is 13.1 Å². The fourth-order valence-electron chi connectivity index (χ4n) is 5.85. The highest BCUT2D eigenvalue weighted by atomic mass is 35.5. The molecular weight excluding hydrogens is 551 g/mol. The monoisotopic (exact) mass is 582 g/mol. The van der Waals surface area contributed by atoms with Crippen LogP contribution < -0.4 is 46.9 Å². The maximum atomic E-state index is 13.1. The number of carbonyl (C=O) groups is 3. The van der Waals surface area contributed by atoms with Gasteiger partial charge in [0.2, 0.25) is 0 Å². The molecule has 1 aliphatic heterocycles. The minimum atomic E-state index is -0.363. The number of aromatic nitrogens is 2. The predicted octanol–water partition coefficient (Wildman–Crippen LogP) is -4.15. The van der Waals surface area contributed by atoms with Gasteiger partial charge in [0.05, 0.1) is 28.7 Å². The maximum Gasteiger partial charge on any atom is 0.278 e. The van der Waals surface area contributed by atoms with Gasteiger partial charge in [0, 0.05) is 52.1 Å². The van der Waals surface area contributed by atoms with Crippen LogP contribution in [0.2, 0.25) is 0 Å². The highest BCUT2D eigenvalue weighted by Gasteiger charge is 2.35. The fraction of sp³-hybridized carbons (Fsp3) is 0.276. The van der Waals surface area contributed by atoms with Gasteiger partial charge in [-0.2, -0.15) is 0 Å². The molecule has 9 nitrogen and oxygen atoms in total. The molecule has 40 heavy (non-hydrogen) atoms. The number of rotatable bonds is 9. The van der Waals surface area contributed by atoms with Crippen LogP contribution in [0.3, 0.4) is 0 Å². The number of aryl methyl sites for hydroxylation is 1. The van der Waals surface area contributed by atoms with E-state index in [0.717, 1.165) is 69.4 Å². The van der Waals surface area contributed by atoms with Crippen molar-refractivity contribution in [3.05, 3.63) is 59.7 Å². The van der Waals surface area contributed by atoms with Gasteiger partial charge in [-0.3, -0.25) is 19.7 Å². The second-order valence-corrected chi connectivity index (χ2v) is 10.0. The average molecular weight is 584 g/mol. The van der Waals surface area contributed by atoms with E-state index >= 15 is 0 Å². The zero-order valence-electron chi connectivity index (χ0n) is 22.0. The molecular formula is C29H32Cl2N6O3. The number of carbonyl (C=O) groups excluding carboxylic acids is 3. The van der Waals surface area contributed by atoms with Gasteiger partial charge in [-0.25, -0.2) is 0 Å². The van der Waals surface area contributed by atoms with E-state index in [1.165, 1.54) is 0 Å². The number of unbranched alkanes of at least 4 members (excludes halogenated alkanes) is 1. The number of hydrogen-bond donors (Lipinski definition) is 5. The lowest BCUT2D eigenvalue weighted by Crippen LogP contribution is -3.00. The molecule has 0 unspecified atom stereocenters. The third-order valence-corrected chi connectivity index (χ3v) is 7.63. The fourth-order valence-corrected chi connectivity index (χ4v) is 5.85. The number of amides is 3. The largest absolute Gasteiger partial charge is 1.00 e. The highest BCUT2D eigenvalue weighted by Crippen LogP contribution is 2.43. The van der Waals surface area contributed by atoms with Crippen molar-refractivity contribution >= 4 is 61.3 Å². The minimum Gasteiger partial charge on any atom is -1.00 e. The van der Waals surface area contributed by atoms with Crippen molar-refractivity contribution < 1.29 is 50.7 Å². The Labute approximate surface area is 242 Å². The highest BCUT2D eigenvalue weighted by molar-refractivity contribution is 6.39. The van der Waals surface area contributed by atoms with Crippen LogP contribution in [-0.2, 0) is 11.3 Å². The molecule has 0 spiro atoms. The number of halogens is 2. The van der Waals surface area contributed by atoms with Crippen molar-refractivity contribution in [1.82, 2.24) is 20.2 Å². The number of quaternary nitrogens is 2. The van der Waals surface area contributed by atoms with Gasteiger partial charge in [0.1, 0.15) is 0 Å². The molecule has 0 saturated carbocycles. The lowest BCUT2D eigenvalue weighted by molar-refractivity contribution is -0.406. The third kappa shape index (κ3) is 4.69. The van der Waals surface area contributed by atoms with Crippen LogP contribution in [0.1, 0.15) is 46.4 Å². The summed E-state index contributed by atoms with van der Waals surface area (Å²) >= 11 is 0.